The van der Waals surface area contributed by atoms with E-state index in [1.165, 1.54) is 0 Å². The van der Waals surface area contributed by atoms with Gasteiger partial charge >= 0.3 is 23.7 Å². The molecule has 136 valence electrons. The van der Waals surface area contributed by atoms with Crippen LogP contribution in [0.1, 0.15) is 26.7 Å². The Morgan fingerprint density at radius 1 is 0.958 bits per heavy atom. The topological polar surface area (TPSA) is 0 Å². The number of allylic oxidation sites excluding steroid dienone is 6. The Morgan fingerprint density at radius 3 is 1.92 bits per heavy atom. The second-order valence-corrected chi connectivity index (χ2v) is 5.72. The summed E-state index contributed by atoms with van der Waals surface area (Å²) in [5.41, 5.74) is -4.45. The fourth-order valence-electron chi connectivity index (χ4n) is 2.06. The van der Waals surface area contributed by atoms with Gasteiger partial charge in [0.2, 0.25) is 0 Å². The standard InChI is InChI=1S/C16H16F8/c1-9(2)13(17,18)14(19,20)10(3)5-7-12-8-6-11(4)15(21,22)16(12,23)24/h6,8H,1,3,5,7H2,2,4H3. The van der Waals surface area contributed by atoms with Gasteiger partial charge < -0.3 is 0 Å². The third-order valence-electron chi connectivity index (χ3n) is 3.90. The molecule has 0 aromatic heterocycles. The third kappa shape index (κ3) is 3.02. The number of hydrogen-bond donors (Lipinski definition) is 0. The molecular formula is C16H16F8. The van der Waals surface area contributed by atoms with Gasteiger partial charge in [0, 0.05) is 11.1 Å². The van der Waals surface area contributed by atoms with E-state index in [1.807, 2.05) is 0 Å². The molecule has 0 heterocycles. The lowest BCUT2D eigenvalue weighted by Crippen LogP contribution is -2.45. The molecule has 0 nitrogen and oxygen atoms in total. The van der Waals surface area contributed by atoms with Crippen molar-refractivity contribution >= 4 is 0 Å². The largest absolute Gasteiger partial charge is 0.335 e. The minimum atomic E-state index is -4.72. The van der Waals surface area contributed by atoms with Crippen molar-refractivity contribution in [1.82, 2.24) is 0 Å². The first kappa shape index (κ1) is 20.4. The van der Waals surface area contributed by atoms with Crippen LogP contribution >= 0.6 is 0 Å². The van der Waals surface area contributed by atoms with Crippen LogP contribution in [0.15, 0.2) is 47.6 Å². The lowest BCUT2D eigenvalue weighted by Gasteiger charge is -2.33. The van der Waals surface area contributed by atoms with Crippen molar-refractivity contribution in [3.05, 3.63) is 47.6 Å². The van der Waals surface area contributed by atoms with E-state index < -0.39 is 58.8 Å². The first-order valence-electron chi connectivity index (χ1n) is 6.84. The summed E-state index contributed by atoms with van der Waals surface area (Å²) in [7, 11) is 0. The molecule has 0 saturated heterocycles. The molecule has 0 aromatic carbocycles. The molecule has 1 aliphatic carbocycles. The second kappa shape index (κ2) is 6.04. The van der Waals surface area contributed by atoms with Crippen LogP contribution in [0.3, 0.4) is 0 Å². The molecule has 0 amide bonds. The van der Waals surface area contributed by atoms with E-state index in [9.17, 15) is 35.1 Å². The normalized spacial score (nSPS) is 20.2. The van der Waals surface area contributed by atoms with Crippen molar-refractivity contribution in [3.63, 3.8) is 0 Å². The van der Waals surface area contributed by atoms with Gasteiger partial charge in [0.15, 0.2) is 0 Å². The van der Waals surface area contributed by atoms with Gasteiger partial charge in [-0.1, -0.05) is 25.3 Å². The molecule has 0 spiro atoms. The van der Waals surface area contributed by atoms with Crippen LogP contribution in [0.5, 0.6) is 0 Å². The highest BCUT2D eigenvalue weighted by Crippen LogP contribution is 2.50. The van der Waals surface area contributed by atoms with Crippen LogP contribution in [-0.4, -0.2) is 23.7 Å². The van der Waals surface area contributed by atoms with Crippen molar-refractivity contribution < 1.29 is 35.1 Å². The molecule has 24 heavy (non-hydrogen) atoms. The molecule has 0 bridgehead atoms. The van der Waals surface area contributed by atoms with Crippen LogP contribution in [0, 0.1) is 0 Å². The monoisotopic (exact) mass is 360 g/mol. The lowest BCUT2D eigenvalue weighted by atomic mass is 9.86. The summed E-state index contributed by atoms with van der Waals surface area (Å²) in [6.07, 6.45) is -0.515. The van der Waals surface area contributed by atoms with Crippen molar-refractivity contribution in [2.45, 2.75) is 50.4 Å². The molecule has 0 aliphatic heterocycles. The molecule has 0 saturated carbocycles. The third-order valence-corrected chi connectivity index (χ3v) is 3.90. The molecule has 1 aliphatic rings. The first-order valence-corrected chi connectivity index (χ1v) is 6.84. The molecule has 0 N–H and O–H groups in total. The van der Waals surface area contributed by atoms with E-state index in [2.05, 4.69) is 13.2 Å². The maximum absolute atomic E-state index is 13.8. The maximum Gasteiger partial charge on any atom is 0.335 e. The predicted molar refractivity (Wildman–Crippen MR) is 74.8 cm³/mol. The Morgan fingerprint density at radius 2 is 1.46 bits per heavy atom. The first-order chi connectivity index (χ1) is 10.6. The number of halogens is 8. The fourth-order valence-corrected chi connectivity index (χ4v) is 2.06. The lowest BCUT2D eigenvalue weighted by molar-refractivity contribution is -0.166. The van der Waals surface area contributed by atoms with Gasteiger partial charge in [-0.15, -0.1) is 0 Å². The summed E-state index contributed by atoms with van der Waals surface area (Å²) in [4.78, 5) is 0. The van der Waals surface area contributed by atoms with Gasteiger partial charge in [-0.25, -0.2) is 0 Å². The minimum absolute atomic E-state index is 0.688. The maximum atomic E-state index is 13.8. The van der Waals surface area contributed by atoms with E-state index in [0.717, 1.165) is 13.0 Å². The number of alkyl halides is 8. The SMILES string of the molecule is C=C(C)C(F)(F)C(F)(F)C(=C)CCC1=CC=C(C)C(F)(F)C1(F)F. The highest BCUT2D eigenvalue weighted by atomic mass is 19.3. The Balaban J connectivity index is 2.98. The fraction of sp³-hybridized carbons (Fsp3) is 0.500. The number of hydrogen-bond acceptors (Lipinski definition) is 0. The summed E-state index contributed by atoms with van der Waals surface area (Å²) in [5.74, 6) is -18.4. The summed E-state index contributed by atoms with van der Waals surface area (Å²) in [5, 5.41) is 0. The summed E-state index contributed by atoms with van der Waals surface area (Å²) in [6, 6.07) is 0. The summed E-state index contributed by atoms with van der Waals surface area (Å²) in [6.45, 7) is 7.07. The van der Waals surface area contributed by atoms with Crippen LogP contribution in [0.25, 0.3) is 0 Å². The zero-order chi connectivity index (χ0) is 19.1. The molecule has 1 rings (SSSR count). The highest BCUT2D eigenvalue weighted by Gasteiger charge is 2.61. The van der Waals surface area contributed by atoms with E-state index in [0.29, 0.717) is 13.0 Å². The quantitative estimate of drug-likeness (QED) is 0.384. The van der Waals surface area contributed by atoms with E-state index in [-0.39, 0.29) is 0 Å². The Kier molecular flexibility index (Phi) is 5.14. The molecule has 0 aromatic rings. The van der Waals surface area contributed by atoms with Crippen molar-refractivity contribution in [2.75, 3.05) is 0 Å². The van der Waals surface area contributed by atoms with E-state index >= 15 is 0 Å². The average Bonchev–Trinajstić information content (AvgIpc) is 2.44. The average molecular weight is 360 g/mol. The number of rotatable bonds is 6. The Bertz CT molecular complexity index is 608. The van der Waals surface area contributed by atoms with Crippen LogP contribution in [0.4, 0.5) is 35.1 Å². The van der Waals surface area contributed by atoms with Crippen molar-refractivity contribution in [1.29, 1.82) is 0 Å². The Labute approximate surface area is 134 Å². The second-order valence-electron chi connectivity index (χ2n) is 5.72. The van der Waals surface area contributed by atoms with Crippen LogP contribution in [0.2, 0.25) is 0 Å². The van der Waals surface area contributed by atoms with Crippen LogP contribution in [-0.2, 0) is 0 Å². The van der Waals surface area contributed by atoms with E-state index in [4.69, 9.17) is 0 Å². The highest BCUT2D eigenvalue weighted by molar-refractivity contribution is 5.37. The predicted octanol–water partition coefficient (Wildman–Crippen LogP) is 6.33. The zero-order valence-electron chi connectivity index (χ0n) is 13.0. The van der Waals surface area contributed by atoms with E-state index in [1.54, 1.807) is 0 Å². The Hall–Kier alpha value is -1.60. The zero-order valence-corrected chi connectivity index (χ0v) is 13.0. The van der Waals surface area contributed by atoms with Gasteiger partial charge in [0.1, 0.15) is 0 Å². The van der Waals surface area contributed by atoms with Gasteiger partial charge in [-0.2, -0.15) is 35.1 Å². The van der Waals surface area contributed by atoms with Gasteiger partial charge in [-0.05, 0) is 37.8 Å². The molecule has 0 fully saturated rings. The molecule has 0 radical (unpaired) electrons. The minimum Gasteiger partial charge on any atom is -0.194 e. The van der Waals surface area contributed by atoms with Crippen molar-refractivity contribution in [3.8, 4) is 0 Å². The van der Waals surface area contributed by atoms with Crippen molar-refractivity contribution in [2.24, 2.45) is 0 Å². The van der Waals surface area contributed by atoms with Gasteiger partial charge in [-0.3, -0.25) is 0 Å². The molecular weight excluding hydrogens is 344 g/mol. The molecule has 8 heteroatoms. The molecule has 0 unspecified atom stereocenters. The van der Waals surface area contributed by atoms with Gasteiger partial charge in [0.05, 0.1) is 0 Å². The van der Waals surface area contributed by atoms with Gasteiger partial charge in [0.25, 0.3) is 0 Å². The summed E-state index contributed by atoms with van der Waals surface area (Å²) >= 11 is 0. The molecule has 0 atom stereocenters. The summed E-state index contributed by atoms with van der Waals surface area (Å²) < 4.78 is 109. The smallest absolute Gasteiger partial charge is 0.194 e. The van der Waals surface area contributed by atoms with Crippen LogP contribution < -0.4 is 0 Å².